The zero-order valence-corrected chi connectivity index (χ0v) is 13.2. The van der Waals surface area contributed by atoms with Gasteiger partial charge >= 0.3 is 0 Å². The molecule has 0 saturated heterocycles. The quantitative estimate of drug-likeness (QED) is 0.725. The van der Waals surface area contributed by atoms with Gasteiger partial charge in [-0.15, -0.1) is 12.4 Å². The van der Waals surface area contributed by atoms with E-state index in [9.17, 15) is 8.42 Å². The molecule has 18 heavy (non-hydrogen) atoms. The van der Waals surface area contributed by atoms with Gasteiger partial charge in [0.2, 0.25) is 10.0 Å². The van der Waals surface area contributed by atoms with E-state index in [1.807, 2.05) is 0 Å². The van der Waals surface area contributed by atoms with Gasteiger partial charge in [0.15, 0.2) is 0 Å². The van der Waals surface area contributed by atoms with Crippen molar-refractivity contribution in [2.24, 2.45) is 0 Å². The number of sulfonamides is 1. The number of halogens is 2. The second-order valence-electron chi connectivity index (χ2n) is 3.49. The highest BCUT2D eigenvalue weighted by atomic mass is 79.9. The molecule has 0 spiro atoms. The van der Waals surface area contributed by atoms with E-state index in [2.05, 4.69) is 37.9 Å². The zero-order chi connectivity index (χ0) is 12.7. The lowest BCUT2D eigenvalue weighted by Crippen LogP contribution is -2.32. The molecule has 0 amide bonds. The highest BCUT2D eigenvalue weighted by Crippen LogP contribution is 2.13. The van der Waals surface area contributed by atoms with Crippen molar-refractivity contribution in [3.05, 3.63) is 22.9 Å². The van der Waals surface area contributed by atoms with Gasteiger partial charge < -0.3 is 5.32 Å². The molecule has 1 aromatic rings. The molecule has 0 fully saturated rings. The van der Waals surface area contributed by atoms with E-state index in [1.54, 1.807) is 6.20 Å². The van der Waals surface area contributed by atoms with Gasteiger partial charge in [0, 0.05) is 30.0 Å². The zero-order valence-electron chi connectivity index (χ0n) is 10.0. The first-order chi connectivity index (χ1) is 8.06. The highest BCUT2D eigenvalue weighted by molar-refractivity contribution is 9.10. The van der Waals surface area contributed by atoms with Gasteiger partial charge in [-0.05, 0) is 35.0 Å². The van der Waals surface area contributed by atoms with Crippen LogP contribution in [0.1, 0.15) is 13.3 Å². The van der Waals surface area contributed by atoms with Crippen LogP contribution in [0, 0.1) is 0 Å². The van der Waals surface area contributed by atoms with E-state index in [4.69, 9.17) is 0 Å². The van der Waals surface area contributed by atoms with Gasteiger partial charge in [0.25, 0.3) is 0 Å². The minimum Gasteiger partial charge on any atom is -0.315 e. The van der Waals surface area contributed by atoms with E-state index in [0.717, 1.165) is 13.0 Å². The van der Waals surface area contributed by atoms with Crippen molar-refractivity contribution >= 4 is 38.4 Å². The first-order valence-electron chi connectivity index (χ1n) is 5.37. The van der Waals surface area contributed by atoms with Crippen LogP contribution < -0.4 is 10.0 Å². The second-order valence-corrected chi connectivity index (χ2v) is 6.17. The van der Waals surface area contributed by atoms with E-state index in [0.29, 0.717) is 17.6 Å². The number of rotatable bonds is 7. The average Bonchev–Trinajstić information content (AvgIpc) is 2.29. The summed E-state index contributed by atoms with van der Waals surface area (Å²) in [6, 6.07) is 1.52. The van der Waals surface area contributed by atoms with Crippen LogP contribution in [0.25, 0.3) is 0 Å². The highest BCUT2D eigenvalue weighted by Gasteiger charge is 2.13. The van der Waals surface area contributed by atoms with Gasteiger partial charge in [0.05, 0.1) is 0 Å². The number of pyridine rings is 1. The van der Waals surface area contributed by atoms with Crippen molar-refractivity contribution in [3.63, 3.8) is 0 Å². The number of nitrogens with one attached hydrogen (secondary N) is 2. The summed E-state index contributed by atoms with van der Waals surface area (Å²) >= 11 is 3.19. The number of nitrogens with zero attached hydrogens (tertiary/aromatic N) is 1. The fraction of sp³-hybridized carbons (Fsp3) is 0.500. The molecule has 0 aromatic carbocycles. The molecular formula is C10H17BrClN3O2S. The Kier molecular flexibility index (Phi) is 8.71. The molecule has 104 valence electrons. The SMILES string of the molecule is CCCNCCNS(=O)(=O)c1cncc(Br)c1.Cl. The van der Waals surface area contributed by atoms with E-state index < -0.39 is 10.0 Å². The number of hydrogen-bond acceptors (Lipinski definition) is 4. The summed E-state index contributed by atoms with van der Waals surface area (Å²) in [5.74, 6) is 0. The summed E-state index contributed by atoms with van der Waals surface area (Å²) < 4.78 is 26.8. The van der Waals surface area contributed by atoms with Gasteiger partial charge in [-0.25, -0.2) is 13.1 Å². The first-order valence-corrected chi connectivity index (χ1v) is 7.65. The van der Waals surface area contributed by atoms with E-state index in [-0.39, 0.29) is 17.3 Å². The maximum absolute atomic E-state index is 11.8. The Morgan fingerprint density at radius 3 is 2.61 bits per heavy atom. The fourth-order valence-corrected chi connectivity index (χ4v) is 2.73. The van der Waals surface area contributed by atoms with Gasteiger partial charge in [-0.3, -0.25) is 4.98 Å². The van der Waals surface area contributed by atoms with Crippen LogP contribution >= 0.6 is 28.3 Å². The molecule has 0 unspecified atom stereocenters. The molecule has 1 aromatic heterocycles. The van der Waals surface area contributed by atoms with Gasteiger partial charge in [-0.1, -0.05) is 6.92 Å². The molecule has 0 bridgehead atoms. The largest absolute Gasteiger partial charge is 0.315 e. The molecule has 1 rings (SSSR count). The lowest BCUT2D eigenvalue weighted by Gasteiger charge is -2.07. The minimum absolute atomic E-state index is 0. The first kappa shape index (κ1) is 17.8. The van der Waals surface area contributed by atoms with Crippen molar-refractivity contribution in [2.75, 3.05) is 19.6 Å². The molecule has 0 aliphatic rings. The third kappa shape index (κ3) is 6.10. The third-order valence-corrected chi connectivity index (χ3v) is 3.87. The Labute approximate surface area is 122 Å². The second kappa shape index (κ2) is 8.82. The predicted octanol–water partition coefficient (Wildman–Crippen LogP) is 1.54. The predicted molar refractivity (Wildman–Crippen MR) is 77.5 cm³/mol. The third-order valence-electron chi connectivity index (χ3n) is 2.01. The molecule has 0 radical (unpaired) electrons. The summed E-state index contributed by atoms with van der Waals surface area (Å²) in [6.45, 7) is 3.94. The minimum atomic E-state index is -3.45. The molecule has 0 atom stereocenters. The summed E-state index contributed by atoms with van der Waals surface area (Å²) in [5, 5.41) is 3.12. The fourth-order valence-electron chi connectivity index (χ4n) is 1.20. The molecular weight excluding hydrogens is 342 g/mol. The van der Waals surface area contributed by atoms with Crippen LogP contribution in [0.4, 0.5) is 0 Å². The molecule has 0 aliphatic heterocycles. The standard InChI is InChI=1S/C10H16BrN3O2S.ClH/c1-2-3-12-4-5-14-17(15,16)10-6-9(11)7-13-8-10;/h6-8,12,14H,2-5H2,1H3;1H. The molecule has 1 heterocycles. The molecule has 5 nitrogen and oxygen atoms in total. The Bertz CT molecular complexity index is 456. The summed E-state index contributed by atoms with van der Waals surface area (Å²) in [7, 11) is -3.45. The van der Waals surface area contributed by atoms with Crippen LogP contribution in [0.5, 0.6) is 0 Å². The Balaban J connectivity index is 0.00000289. The molecule has 2 N–H and O–H groups in total. The maximum Gasteiger partial charge on any atom is 0.242 e. The molecule has 8 heteroatoms. The van der Waals surface area contributed by atoms with Crippen LogP contribution in [0.2, 0.25) is 0 Å². The summed E-state index contributed by atoms with van der Waals surface area (Å²) in [4.78, 5) is 4.00. The van der Waals surface area contributed by atoms with Crippen molar-refractivity contribution in [3.8, 4) is 0 Å². The average molecular weight is 359 g/mol. The normalized spacial score (nSPS) is 11.0. The van der Waals surface area contributed by atoms with Crippen LogP contribution in [-0.2, 0) is 10.0 Å². The van der Waals surface area contributed by atoms with E-state index >= 15 is 0 Å². The molecule has 0 saturated carbocycles. The lowest BCUT2D eigenvalue weighted by molar-refractivity contribution is 0.575. The van der Waals surface area contributed by atoms with Crippen molar-refractivity contribution in [1.29, 1.82) is 0 Å². The topological polar surface area (TPSA) is 71.1 Å². The van der Waals surface area contributed by atoms with Crippen LogP contribution in [0.15, 0.2) is 27.8 Å². The van der Waals surface area contributed by atoms with Crippen LogP contribution in [0.3, 0.4) is 0 Å². The summed E-state index contributed by atoms with van der Waals surface area (Å²) in [6.07, 6.45) is 3.90. The Hall–Kier alpha value is -0.210. The van der Waals surface area contributed by atoms with E-state index in [1.165, 1.54) is 12.3 Å². The van der Waals surface area contributed by atoms with Crippen LogP contribution in [-0.4, -0.2) is 33.0 Å². The van der Waals surface area contributed by atoms with Crippen molar-refractivity contribution in [2.45, 2.75) is 18.2 Å². The maximum atomic E-state index is 11.8. The molecule has 0 aliphatic carbocycles. The monoisotopic (exact) mass is 357 g/mol. The smallest absolute Gasteiger partial charge is 0.242 e. The Morgan fingerprint density at radius 1 is 1.28 bits per heavy atom. The van der Waals surface area contributed by atoms with Gasteiger partial charge in [-0.2, -0.15) is 0 Å². The number of aromatic nitrogens is 1. The Morgan fingerprint density at radius 2 is 2.00 bits per heavy atom. The number of hydrogen-bond donors (Lipinski definition) is 2. The lowest BCUT2D eigenvalue weighted by atomic mass is 10.5. The van der Waals surface area contributed by atoms with Crippen molar-refractivity contribution in [1.82, 2.24) is 15.0 Å². The van der Waals surface area contributed by atoms with Gasteiger partial charge in [0.1, 0.15) is 4.90 Å². The van der Waals surface area contributed by atoms with Crippen molar-refractivity contribution < 1.29 is 8.42 Å². The summed E-state index contributed by atoms with van der Waals surface area (Å²) in [5.41, 5.74) is 0.